The summed E-state index contributed by atoms with van der Waals surface area (Å²) in [5.74, 6) is -0.555. The molecule has 2 N–H and O–H groups in total. The van der Waals surface area contributed by atoms with Crippen molar-refractivity contribution in [3.05, 3.63) is 29.6 Å². The van der Waals surface area contributed by atoms with E-state index in [-0.39, 0.29) is 24.0 Å². The van der Waals surface area contributed by atoms with Gasteiger partial charge in [-0.1, -0.05) is 19.3 Å². The number of piperidine rings is 1. The van der Waals surface area contributed by atoms with Gasteiger partial charge < -0.3 is 20.4 Å². The highest BCUT2D eigenvalue weighted by atomic mass is 19.1. The number of likely N-dealkylation sites (tertiary alicyclic amines) is 1. The van der Waals surface area contributed by atoms with E-state index >= 15 is 0 Å². The lowest BCUT2D eigenvalue weighted by molar-refractivity contribution is 0.0707. The summed E-state index contributed by atoms with van der Waals surface area (Å²) in [4.78, 5) is 28.3. The number of halogens is 1. The third-order valence-electron chi connectivity index (χ3n) is 5.73. The number of carbonyl (C=O) groups is 2. The van der Waals surface area contributed by atoms with Gasteiger partial charge in [-0.2, -0.15) is 0 Å². The Balaban J connectivity index is 1.47. The first-order valence-corrected chi connectivity index (χ1v) is 10.3. The normalized spacial score (nSPS) is 18.6. The summed E-state index contributed by atoms with van der Waals surface area (Å²) in [7, 11) is 3.53. The fourth-order valence-electron chi connectivity index (χ4n) is 4.07. The number of rotatable bonds is 4. The van der Waals surface area contributed by atoms with Gasteiger partial charge in [-0.15, -0.1) is 0 Å². The van der Waals surface area contributed by atoms with E-state index in [0.29, 0.717) is 37.2 Å². The molecule has 2 aliphatic rings. The summed E-state index contributed by atoms with van der Waals surface area (Å²) in [5.41, 5.74) is 0.827. The quantitative estimate of drug-likeness (QED) is 0.830. The Bertz CT molecular complexity index is 696. The second kappa shape index (κ2) is 9.26. The van der Waals surface area contributed by atoms with Crippen LogP contribution >= 0.6 is 0 Å². The van der Waals surface area contributed by atoms with Gasteiger partial charge >= 0.3 is 6.03 Å². The molecule has 0 atom stereocenters. The van der Waals surface area contributed by atoms with E-state index in [4.69, 9.17) is 0 Å². The molecular weight excluding hydrogens is 359 g/mol. The lowest BCUT2D eigenvalue weighted by Gasteiger charge is -2.33. The second-order valence-electron chi connectivity index (χ2n) is 8.08. The van der Waals surface area contributed by atoms with Gasteiger partial charge in [0.15, 0.2) is 0 Å². The molecule has 0 bridgehead atoms. The summed E-state index contributed by atoms with van der Waals surface area (Å²) < 4.78 is 14.2. The minimum atomic E-state index is -0.396. The van der Waals surface area contributed by atoms with Crippen molar-refractivity contribution in [2.24, 2.45) is 0 Å². The lowest BCUT2D eigenvalue weighted by Crippen LogP contribution is -2.51. The Morgan fingerprint density at radius 1 is 1.00 bits per heavy atom. The predicted octanol–water partition coefficient (Wildman–Crippen LogP) is 3.13. The summed E-state index contributed by atoms with van der Waals surface area (Å²) >= 11 is 0. The molecule has 2 fully saturated rings. The zero-order chi connectivity index (χ0) is 20.1. The molecule has 1 aliphatic heterocycles. The highest BCUT2D eigenvalue weighted by Gasteiger charge is 2.26. The van der Waals surface area contributed by atoms with Crippen molar-refractivity contribution in [3.63, 3.8) is 0 Å². The van der Waals surface area contributed by atoms with Crippen LogP contribution in [0.25, 0.3) is 0 Å². The van der Waals surface area contributed by atoms with E-state index in [1.165, 1.54) is 25.3 Å². The van der Waals surface area contributed by atoms with Crippen molar-refractivity contribution in [1.82, 2.24) is 15.5 Å². The van der Waals surface area contributed by atoms with Crippen molar-refractivity contribution >= 4 is 17.6 Å². The molecule has 1 aromatic rings. The summed E-state index contributed by atoms with van der Waals surface area (Å²) in [6.07, 6.45) is 7.16. The number of hydrogen-bond donors (Lipinski definition) is 2. The third kappa shape index (κ3) is 5.14. The van der Waals surface area contributed by atoms with Gasteiger partial charge in [0.2, 0.25) is 0 Å². The number of anilines is 1. The molecule has 7 heteroatoms. The number of urea groups is 1. The maximum Gasteiger partial charge on any atom is 0.315 e. The van der Waals surface area contributed by atoms with Crippen molar-refractivity contribution in [3.8, 4) is 0 Å². The van der Waals surface area contributed by atoms with E-state index in [1.807, 2.05) is 0 Å². The highest BCUT2D eigenvalue weighted by molar-refractivity contribution is 5.94. The van der Waals surface area contributed by atoms with Crippen LogP contribution in [-0.2, 0) is 0 Å². The summed E-state index contributed by atoms with van der Waals surface area (Å²) in [5, 5.41) is 6.11. The monoisotopic (exact) mass is 390 g/mol. The molecule has 1 heterocycles. The van der Waals surface area contributed by atoms with Crippen LogP contribution in [0.4, 0.5) is 14.9 Å². The first-order valence-electron chi connectivity index (χ1n) is 10.3. The number of carbonyl (C=O) groups excluding carboxylic acids is 2. The standard InChI is InChI=1S/C21H31FN4O2/c1-25(2)19-9-8-15(14-18(19)22)20(27)26-12-10-17(11-13-26)24-21(28)23-16-6-4-3-5-7-16/h8-9,14,16-17H,3-7,10-13H2,1-2H3,(H2,23,24,28). The van der Waals surface area contributed by atoms with Gasteiger partial charge in [0.05, 0.1) is 5.69 Å². The molecule has 6 nitrogen and oxygen atoms in total. The SMILES string of the molecule is CN(C)c1ccc(C(=O)N2CCC(NC(=O)NC3CCCCC3)CC2)cc1F. The zero-order valence-corrected chi connectivity index (χ0v) is 16.8. The van der Waals surface area contributed by atoms with Crippen LogP contribution in [0.1, 0.15) is 55.3 Å². The molecule has 3 amide bonds. The first kappa shape index (κ1) is 20.4. The van der Waals surface area contributed by atoms with E-state index in [2.05, 4.69) is 10.6 Å². The maximum atomic E-state index is 14.2. The van der Waals surface area contributed by atoms with Crippen LogP contribution < -0.4 is 15.5 Å². The fourth-order valence-corrected chi connectivity index (χ4v) is 4.07. The minimum absolute atomic E-state index is 0.0699. The second-order valence-corrected chi connectivity index (χ2v) is 8.08. The maximum absolute atomic E-state index is 14.2. The third-order valence-corrected chi connectivity index (χ3v) is 5.73. The number of amides is 3. The number of nitrogens with zero attached hydrogens (tertiary/aromatic N) is 2. The lowest BCUT2D eigenvalue weighted by atomic mass is 9.96. The van der Waals surface area contributed by atoms with E-state index < -0.39 is 5.82 Å². The van der Waals surface area contributed by atoms with Gasteiger partial charge in [0.25, 0.3) is 5.91 Å². The molecule has 0 radical (unpaired) electrons. The highest BCUT2D eigenvalue weighted by Crippen LogP contribution is 2.21. The molecule has 0 unspecified atom stereocenters. The Morgan fingerprint density at radius 2 is 1.61 bits per heavy atom. The van der Waals surface area contributed by atoms with Gasteiger partial charge in [-0.25, -0.2) is 9.18 Å². The summed E-state index contributed by atoms with van der Waals surface area (Å²) in [6.45, 7) is 1.12. The van der Waals surface area contributed by atoms with Gasteiger partial charge in [-0.05, 0) is 43.9 Å². The Labute approximate surface area is 166 Å². The topological polar surface area (TPSA) is 64.7 Å². The number of nitrogens with one attached hydrogen (secondary N) is 2. The molecule has 1 saturated carbocycles. The number of benzene rings is 1. The van der Waals surface area contributed by atoms with Crippen LogP contribution in [0.2, 0.25) is 0 Å². The van der Waals surface area contributed by atoms with Crippen LogP contribution in [0, 0.1) is 5.82 Å². The van der Waals surface area contributed by atoms with E-state index in [9.17, 15) is 14.0 Å². The van der Waals surface area contributed by atoms with Gasteiger partial charge in [0.1, 0.15) is 5.82 Å². The molecule has 154 valence electrons. The van der Waals surface area contributed by atoms with Crippen LogP contribution in [-0.4, -0.2) is 56.1 Å². The molecule has 1 aliphatic carbocycles. The average Bonchev–Trinajstić information content (AvgIpc) is 2.68. The zero-order valence-electron chi connectivity index (χ0n) is 16.8. The number of hydrogen-bond acceptors (Lipinski definition) is 3. The van der Waals surface area contributed by atoms with Crippen molar-refractivity contribution in [2.45, 2.75) is 57.0 Å². The molecule has 1 aromatic carbocycles. The molecule has 28 heavy (non-hydrogen) atoms. The minimum Gasteiger partial charge on any atom is -0.375 e. The van der Waals surface area contributed by atoms with Crippen LogP contribution in [0.5, 0.6) is 0 Å². The van der Waals surface area contributed by atoms with Crippen LogP contribution in [0.15, 0.2) is 18.2 Å². The smallest absolute Gasteiger partial charge is 0.315 e. The van der Waals surface area contributed by atoms with Gasteiger partial charge in [0, 0.05) is 44.8 Å². The van der Waals surface area contributed by atoms with Gasteiger partial charge in [-0.3, -0.25) is 4.79 Å². The van der Waals surface area contributed by atoms with Crippen molar-refractivity contribution in [1.29, 1.82) is 0 Å². The largest absolute Gasteiger partial charge is 0.375 e. The molecule has 0 aromatic heterocycles. The fraction of sp³-hybridized carbons (Fsp3) is 0.619. The molecular formula is C21H31FN4O2. The Morgan fingerprint density at radius 3 is 2.18 bits per heavy atom. The van der Waals surface area contributed by atoms with E-state index in [0.717, 1.165) is 12.8 Å². The summed E-state index contributed by atoms with van der Waals surface area (Å²) in [6, 6.07) is 4.86. The average molecular weight is 391 g/mol. The van der Waals surface area contributed by atoms with Crippen LogP contribution in [0.3, 0.4) is 0 Å². The molecule has 0 spiro atoms. The molecule has 3 rings (SSSR count). The van der Waals surface area contributed by atoms with Crippen molar-refractivity contribution in [2.75, 3.05) is 32.1 Å². The molecule has 1 saturated heterocycles. The predicted molar refractivity (Wildman–Crippen MR) is 108 cm³/mol. The Hall–Kier alpha value is -2.31. The van der Waals surface area contributed by atoms with E-state index in [1.54, 1.807) is 36.0 Å². The van der Waals surface area contributed by atoms with Crippen molar-refractivity contribution < 1.29 is 14.0 Å². The Kier molecular flexibility index (Phi) is 6.75. The first-order chi connectivity index (χ1) is 13.4.